The lowest BCUT2D eigenvalue weighted by molar-refractivity contribution is -0.143. The minimum Gasteiger partial charge on any atom is -0.454 e. The SMILES string of the molecule is Cc1cc(NC(=O)CSCC(=O)O[C@H](C)C(=O)c2cc(C)c(C)cc2C)no1. The number of thioether (sulfide) groups is 1. The molecule has 0 radical (unpaired) electrons. The van der Waals surface area contributed by atoms with Crippen LogP contribution in [0.25, 0.3) is 0 Å². The molecule has 1 heterocycles. The first-order chi connectivity index (χ1) is 13.2. The van der Waals surface area contributed by atoms with E-state index in [0.29, 0.717) is 17.1 Å². The van der Waals surface area contributed by atoms with Crippen LogP contribution in [0.3, 0.4) is 0 Å². The van der Waals surface area contributed by atoms with Crippen molar-refractivity contribution in [3.63, 3.8) is 0 Å². The number of hydrogen-bond donors (Lipinski definition) is 1. The van der Waals surface area contributed by atoms with Crippen molar-refractivity contribution >= 4 is 35.2 Å². The zero-order valence-electron chi connectivity index (χ0n) is 16.6. The number of carbonyl (C=O) groups excluding carboxylic acids is 3. The summed E-state index contributed by atoms with van der Waals surface area (Å²) >= 11 is 1.10. The average Bonchev–Trinajstić information content (AvgIpc) is 3.02. The van der Waals surface area contributed by atoms with Gasteiger partial charge in [0.25, 0.3) is 0 Å². The molecule has 0 fully saturated rings. The number of carbonyl (C=O) groups is 3. The lowest BCUT2D eigenvalue weighted by atomic mass is 9.96. The first-order valence-electron chi connectivity index (χ1n) is 8.80. The molecule has 7 nitrogen and oxygen atoms in total. The van der Waals surface area contributed by atoms with Crippen LogP contribution in [0.5, 0.6) is 0 Å². The number of ether oxygens (including phenoxy) is 1. The van der Waals surface area contributed by atoms with Crippen LogP contribution >= 0.6 is 11.8 Å². The summed E-state index contributed by atoms with van der Waals surface area (Å²) in [5, 5.41) is 6.22. The molecule has 0 unspecified atom stereocenters. The van der Waals surface area contributed by atoms with Gasteiger partial charge in [0.2, 0.25) is 11.7 Å². The normalized spacial score (nSPS) is 11.8. The van der Waals surface area contributed by atoms with Gasteiger partial charge in [0.05, 0.1) is 11.5 Å². The molecule has 150 valence electrons. The highest BCUT2D eigenvalue weighted by Gasteiger charge is 2.21. The summed E-state index contributed by atoms with van der Waals surface area (Å²) in [5.74, 6) is -0.150. The summed E-state index contributed by atoms with van der Waals surface area (Å²) in [7, 11) is 0. The number of aryl methyl sites for hydroxylation is 4. The fraction of sp³-hybridized carbons (Fsp3) is 0.400. The Balaban J connectivity index is 1.79. The Labute approximate surface area is 168 Å². The third-order valence-corrected chi connectivity index (χ3v) is 5.04. The second-order valence-electron chi connectivity index (χ2n) is 6.61. The fourth-order valence-corrected chi connectivity index (χ4v) is 3.16. The van der Waals surface area contributed by atoms with Crippen LogP contribution in [0.15, 0.2) is 22.7 Å². The Kier molecular flexibility index (Phi) is 7.39. The predicted octanol–water partition coefficient (Wildman–Crippen LogP) is 3.39. The molecular formula is C20H24N2O5S. The standard InChI is InChI=1S/C20H24N2O5S/c1-11-6-13(3)16(7-12(11)2)20(25)15(5)26-19(24)10-28-9-18(23)21-17-8-14(4)27-22-17/h6-8,15H,9-10H2,1-5H3,(H,21,22,23)/t15-/m1/s1. The molecule has 0 aliphatic heterocycles. The zero-order chi connectivity index (χ0) is 20.8. The van der Waals surface area contributed by atoms with Crippen molar-refractivity contribution in [1.82, 2.24) is 5.16 Å². The molecule has 0 saturated heterocycles. The van der Waals surface area contributed by atoms with Crippen molar-refractivity contribution in [3.05, 3.63) is 46.2 Å². The lowest BCUT2D eigenvalue weighted by Gasteiger charge is -2.15. The second kappa shape index (κ2) is 9.54. The Morgan fingerprint density at radius 3 is 2.39 bits per heavy atom. The highest BCUT2D eigenvalue weighted by molar-refractivity contribution is 8.00. The van der Waals surface area contributed by atoms with E-state index in [-0.39, 0.29) is 23.2 Å². The maximum Gasteiger partial charge on any atom is 0.316 e. The highest BCUT2D eigenvalue weighted by Crippen LogP contribution is 2.18. The van der Waals surface area contributed by atoms with Crippen LogP contribution in [0.2, 0.25) is 0 Å². The Morgan fingerprint density at radius 1 is 1.07 bits per heavy atom. The van der Waals surface area contributed by atoms with Gasteiger partial charge in [-0.25, -0.2) is 0 Å². The largest absolute Gasteiger partial charge is 0.454 e. The number of nitrogens with one attached hydrogen (secondary N) is 1. The smallest absolute Gasteiger partial charge is 0.316 e. The van der Waals surface area contributed by atoms with Crippen LogP contribution < -0.4 is 5.32 Å². The number of nitrogens with zero attached hydrogens (tertiary/aromatic N) is 1. The van der Waals surface area contributed by atoms with E-state index in [4.69, 9.17) is 9.26 Å². The summed E-state index contributed by atoms with van der Waals surface area (Å²) in [5.41, 5.74) is 3.52. The van der Waals surface area contributed by atoms with Crippen molar-refractivity contribution in [2.75, 3.05) is 16.8 Å². The van der Waals surface area contributed by atoms with Gasteiger partial charge >= 0.3 is 5.97 Å². The minimum absolute atomic E-state index is 0.0329. The fourth-order valence-electron chi connectivity index (χ4n) is 2.56. The molecule has 2 rings (SSSR count). The van der Waals surface area contributed by atoms with Gasteiger partial charge in [0, 0.05) is 11.6 Å². The van der Waals surface area contributed by atoms with Crippen LogP contribution in [-0.2, 0) is 14.3 Å². The number of anilines is 1. The summed E-state index contributed by atoms with van der Waals surface area (Å²) in [6.07, 6.45) is -0.888. The topological polar surface area (TPSA) is 98.5 Å². The van der Waals surface area contributed by atoms with Gasteiger partial charge < -0.3 is 14.6 Å². The maximum atomic E-state index is 12.6. The van der Waals surface area contributed by atoms with Gasteiger partial charge in [-0.3, -0.25) is 14.4 Å². The number of ketones is 1. The van der Waals surface area contributed by atoms with Gasteiger partial charge in [0.1, 0.15) is 5.76 Å². The predicted molar refractivity (Wildman–Crippen MR) is 108 cm³/mol. The van der Waals surface area contributed by atoms with Gasteiger partial charge in [-0.05, 0) is 57.4 Å². The molecule has 1 aromatic carbocycles. The minimum atomic E-state index is -0.888. The Hall–Kier alpha value is -2.61. The van der Waals surface area contributed by atoms with Crippen LogP contribution in [0.1, 0.15) is 39.7 Å². The van der Waals surface area contributed by atoms with Crippen molar-refractivity contribution in [1.29, 1.82) is 0 Å². The van der Waals surface area contributed by atoms with Crippen LogP contribution in [0, 0.1) is 27.7 Å². The molecule has 0 aliphatic rings. The van der Waals surface area contributed by atoms with Gasteiger partial charge in [-0.2, -0.15) is 0 Å². The second-order valence-corrected chi connectivity index (χ2v) is 7.60. The summed E-state index contributed by atoms with van der Waals surface area (Å²) in [6.45, 7) is 9.05. The number of benzene rings is 1. The number of hydrogen-bond acceptors (Lipinski definition) is 7. The first-order valence-corrected chi connectivity index (χ1v) is 9.95. The molecule has 0 aliphatic carbocycles. The van der Waals surface area contributed by atoms with E-state index < -0.39 is 12.1 Å². The van der Waals surface area contributed by atoms with E-state index in [0.717, 1.165) is 28.5 Å². The number of aromatic nitrogens is 1. The molecule has 28 heavy (non-hydrogen) atoms. The molecule has 1 N–H and O–H groups in total. The van der Waals surface area contributed by atoms with Gasteiger partial charge in [-0.15, -0.1) is 11.8 Å². The molecule has 0 saturated carbocycles. The highest BCUT2D eigenvalue weighted by atomic mass is 32.2. The number of Topliss-reactive ketones (excluding diaryl/α,β-unsaturated/α-hetero) is 1. The summed E-state index contributed by atoms with van der Waals surface area (Å²) in [4.78, 5) is 36.4. The van der Waals surface area contributed by atoms with E-state index in [1.165, 1.54) is 0 Å². The zero-order valence-corrected chi connectivity index (χ0v) is 17.4. The summed E-state index contributed by atoms with van der Waals surface area (Å²) in [6, 6.07) is 5.36. The Morgan fingerprint density at radius 2 is 1.75 bits per heavy atom. The molecule has 8 heteroatoms. The molecule has 0 bridgehead atoms. The van der Waals surface area contributed by atoms with E-state index >= 15 is 0 Å². The van der Waals surface area contributed by atoms with Crippen LogP contribution in [-0.4, -0.2) is 40.4 Å². The average molecular weight is 404 g/mol. The first kappa shape index (κ1) is 21.7. The summed E-state index contributed by atoms with van der Waals surface area (Å²) < 4.78 is 10.1. The molecular weight excluding hydrogens is 380 g/mol. The third-order valence-electron chi connectivity index (χ3n) is 4.13. The molecule has 1 amide bonds. The van der Waals surface area contributed by atoms with Crippen LogP contribution in [0.4, 0.5) is 5.82 Å². The monoisotopic (exact) mass is 404 g/mol. The maximum absolute atomic E-state index is 12.6. The van der Waals surface area contributed by atoms with Crippen molar-refractivity contribution < 1.29 is 23.6 Å². The van der Waals surface area contributed by atoms with E-state index in [1.807, 2.05) is 32.9 Å². The molecule has 2 aromatic rings. The molecule has 1 atom stereocenters. The molecule has 0 spiro atoms. The van der Waals surface area contributed by atoms with E-state index in [2.05, 4.69) is 10.5 Å². The van der Waals surface area contributed by atoms with Crippen molar-refractivity contribution in [2.24, 2.45) is 0 Å². The molecule has 1 aromatic heterocycles. The Bertz CT molecular complexity index is 891. The van der Waals surface area contributed by atoms with E-state index in [9.17, 15) is 14.4 Å². The quantitative estimate of drug-likeness (QED) is 0.532. The van der Waals surface area contributed by atoms with Crippen molar-refractivity contribution in [3.8, 4) is 0 Å². The van der Waals surface area contributed by atoms with E-state index in [1.54, 1.807) is 19.9 Å². The van der Waals surface area contributed by atoms with Gasteiger partial charge in [-0.1, -0.05) is 11.2 Å². The van der Waals surface area contributed by atoms with Crippen molar-refractivity contribution in [2.45, 2.75) is 40.7 Å². The lowest BCUT2D eigenvalue weighted by Crippen LogP contribution is -2.26. The third kappa shape index (κ3) is 5.95. The number of amides is 1. The number of esters is 1. The number of rotatable bonds is 8. The van der Waals surface area contributed by atoms with Gasteiger partial charge in [0.15, 0.2) is 11.9 Å².